The van der Waals surface area contributed by atoms with Crippen LogP contribution in [0.15, 0.2) is 30.3 Å². The fourth-order valence-corrected chi connectivity index (χ4v) is 4.87. The molecule has 0 aromatic heterocycles. The van der Waals surface area contributed by atoms with Gasteiger partial charge in [-0.15, -0.1) is 0 Å². The van der Waals surface area contributed by atoms with Crippen molar-refractivity contribution in [1.29, 1.82) is 0 Å². The lowest BCUT2D eigenvalue weighted by atomic mass is 9.63. The van der Waals surface area contributed by atoms with Gasteiger partial charge in [-0.2, -0.15) is 0 Å². The van der Waals surface area contributed by atoms with Crippen molar-refractivity contribution in [2.75, 3.05) is 33.2 Å². The number of hydrogen-bond donors (Lipinski definition) is 0. The number of ether oxygens (including phenoxy) is 1. The Morgan fingerprint density at radius 3 is 2.33 bits per heavy atom. The summed E-state index contributed by atoms with van der Waals surface area (Å²) < 4.78 is 6.26. The molecule has 2 rings (SSSR count). The Balaban J connectivity index is 2.54. The molecule has 0 radical (unpaired) electrons. The monoisotopic (exact) mass is 374 g/mol. The fourth-order valence-electron chi connectivity index (χ4n) is 4.87. The van der Waals surface area contributed by atoms with Crippen LogP contribution < -0.4 is 0 Å². The van der Waals surface area contributed by atoms with Crippen molar-refractivity contribution in [3.63, 3.8) is 0 Å². The highest BCUT2D eigenvalue weighted by atomic mass is 16.6. The fraction of sp³-hybridized carbons (Fsp3) is 0.696. The molecular weight excluding hydrogens is 336 g/mol. The molecule has 0 bridgehead atoms. The summed E-state index contributed by atoms with van der Waals surface area (Å²) in [5.41, 5.74) is 0.327. The van der Waals surface area contributed by atoms with Gasteiger partial charge in [-0.25, -0.2) is 0 Å². The molecule has 0 spiro atoms. The van der Waals surface area contributed by atoms with Gasteiger partial charge >= 0.3 is 5.97 Å². The van der Waals surface area contributed by atoms with E-state index in [2.05, 4.69) is 68.8 Å². The van der Waals surface area contributed by atoms with Crippen LogP contribution in [0.25, 0.3) is 0 Å². The number of esters is 1. The Bertz CT molecular complexity index is 600. The summed E-state index contributed by atoms with van der Waals surface area (Å²) in [6.07, 6.45) is 3.08. The van der Waals surface area contributed by atoms with Crippen LogP contribution in [-0.4, -0.2) is 55.0 Å². The van der Waals surface area contributed by atoms with Gasteiger partial charge in [0.2, 0.25) is 0 Å². The predicted molar refractivity (Wildman–Crippen MR) is 112 cm³/mol. The van der Waals surface area contributed by atoms with Crippen LogP contribution in [0, 0.1) is 5.41 Å². The molecule has 1 heterocycles. The molecule has 1 fully saturated rings. The lowest BCUT2D eigenvalue weighted by Crippen LogP contribution is -2.63. The quantitative estimate of drug-likeness (QED) is 0.635. The predicted octanol–water partition coefficient (Wildman–Crippen LogP) is 4.30. The maximum atomic E-state index is 12.3. The Hall–Kier alpha value is -1.39. The van der Waals surface area contributed by atoms with E-state index in [0.717, 1.165) is 51.0 Å². The van der Waals surface area contributed by atoms with Crippen molar-refractivity contribution in [2.45, 2.75) is 65.5 Å². The standard InChI is InChI=1S/C23H38N2O2/c1-7-14-25(15-8-2)18-22(5)17-24(6)19(3)16-23(22,27-20(4)26)21-12-10-9-11-13-21/h9-13,19H,7-8,14-18H2,1-6H3. The molecule has 1 saturated heterocycles. The zero-order valence-electron chi connectivity index (χ0n) is 18.1. The van der Waals surface area contributed by atoms with Crippen LogP contribution in [0.5, 0.6) is 0 Å². The molecule has 0 aliphatic carbocycles. The molecule has 1 aromatic rings. The van der Waals surface area contributed by atoms with Gasteiger partial charge in [0.1, 0.15) is 5.60 Å². The summed E-state index contributed by atoms with van der Waals surface area (Å²) in [5.74, 6) is -0.195. The van der Waals surface area contributed by atoms with Crippen molar-refractivity contribution in [1.82, 2.24) is 9.80 Å². The first-order chi connectivity index (χ1) is 12.8. The normalized spacial score (nSPS) is 29.1. The number of nitrogens with zero attached hydrogens (tertiary/aromatic N) is 2. The second-order valence-electron chi connectivity index (χ2n) is 8.59. The Labute approximate surface area is 165 Å². The molecule has 3 unspecified atom stereocenters. The molecular formula is C23H38N2O2. The second-order valence-corrected chi connectivity index (χ2v) is 8.59. The van der Waals surface area contributed by atoms with E-state index in [-0.39, 0.29) is 11.4 Å². The molecule has 0 amide bonds. The topological polar surface area (TPSA) is 32.8 Å². The minimum absolute atomic E-state index is 0.189. The van der Waals surface area contributed by atoms with Crippen LogP contribution in [0.1, 0.15) is 59.4 Å². The van der Waals surface area contributed by atoms with E-state index in [9.17, 15) is 4.79 Å². The van der Waals surface area contributed by atoms with Gasteiger partial charge in [0.25, 0.3) is 0 Å². The SMILES string of the molecule is CCCN(CCC)CC1(C)CN(C)C(C)CC1(OC(C)=O)c1ccccc1. The van der Waals surface area contributed by atoms with Gasteiger partial charge in [-0.05, 0) is 45.5 Å². The zero-order chi connectivity index (χ0) is 20.1. The van der Waals surface area contributed by atoms with Crippen molar-refractivity contribution >= 4 is 5.97 Å². The molecule has 4 nitrogen and oxygen atoms in total. The lowest BCUT2D eigenvalue weighted by molar-refractivity contribution is -0.199. The van der Waals surface area contributed by atoms with Gasteiger partial charge in [0, 0.05) is 37.9 Å². The molecule has 27 heavy (non-hydrogen) atoms. The second kappa shape index (κ2) is 9.20. The highest BCUT2D eigenvalue weighted by Crippen LogP contribution is 2.51. The van der Waals surface area contributed by atoms with E-state index in [1.165, 1.54) is 0 Å². The minimum atomic E-state index is -0.605. The van der Waals surface area contributed by atoms with Gasteiger partial charge in [-0.1, -0.05) is 51.1 Å². The maximum absolute atomic E-state index is 12.3. The van der Waals surface area contributed by atoms with Crippen molar-refractivity contribution in [2.24, 2.45) is 5.41 Å². The van der Waals surface area contributed by atoms with Crippen molar-refractivity contribution in [3.8, 4) is 0 Å². The first kappa shape index (κ1) is 21.9. The smallest absolute Gasteiger partial charge is 0.303 e. The summed E-state index contributed by atoms with van der Waals surface area (Å²) in [6.45, 7) is 14.5. The Morgan fingerprint density at radius 2 is 1.81 bits per heavy atom. The first-order valence-corrected chi connectivity index (χ1v) is 10.5. The average molecular weight is 375 g/mol. The minimum Gasteiger partial charge on any atom is -0.454 e. The summed E-state index contributed by atoms with van der Waals surface area (Å²) in [5, 5.41) is 0. The van der Waals surface area contributed by atoms with Crippen LogP contribution >= 0.6 is 0 Å². The van der Waals surface area contributed by atoms with Crippen LogP contribution in [0.2, 0.25) is 0 Å². The molecule has 0 N–H and O–H groups in total. The molecule has 4 heteroatoms. The van der Waals surface area contributed by atoms with Crippen LogP contribution in [-0.2, 0) is 15.1 Å². The zero-order valence-corrected chi connectivity index (χ0v) is 18.1. The highest BCUT2D eigenvalue weighted by Gasteiger charge is 2.57. The molecule has 1 aliphatic heterocycles. The Kier molecular flexibility index (Phi) is 7.47. The van der Waals surface area contributed by atoms with E-state index in [1.54, 1.807) is 6.92 Å². The van der Waals surface area contributed by atoms with E-state index in [4.69, 9.17) is 4.74 Å². The highest BCUT2D eigenvalue weighted by molar-refractivity contribution is 5.67. The van der Waals surface area contributed by atoms with E-state index >= 15 is 0 Å². The number of piperidine rings is 1. The molecule has 0 saturated carbocycles. The number of likely N-dealkylation sites (tertiary alicyclic amines) is 1. The maximum Gasteiger partial charge on any atom is 0.303 e. The third-order valence-electron chi connectivity index (χ3n) is 6.12. The largest absolute Gasteiger partial charge is 0.454 e. The summed E-state index contributed by atoms with van der Waals surface area (Å²) >= 11 is 0. The van der Waals surface area contributed by atoms with E-state index in [0.29, 0.717) is 6.04 Å². The van der Waals surface area contributed by atoms with E-state index < -0.39 is 5.60 Å². The first-order valence-electron chi connectivity index (χ1n) is 10.5. The molecule has 3 atom stereocenters. The van der Waals surface area contributed by atoms with Gasteiger partial charge < -0.3 is 14.5 Å². The van der Waals surface area contributed by atoms with Crippen molar-refractivity contribution < 1.29 is 9.53 Å². The number of benzene rings is 1. The lowest BCUT2D eigenvalue weighted by Gasteiger charge is -2.57. The van der Waals surface area contributed by atoms with Gasteiger partial charge in [-0.3, -0.25) is 4.79 Å². The number of carbonyl (C=O) groups excluding carboxylic acids is 1. The molecule has 1 aliphatic rings. The number of hydrogen-bond acceptors (Lipinski definition) is 4. The van der Waals surface area contributed by atoms with Crippen LogP contribution in [0.4, 0.5) is 0 Å². The summed E-state index contributed by atoms with van der Waals surface area (Å²) in [4.78, 5) is 17.2. The third-order valence-corrected chi connectivity index (χ3v) is 6.12. The van der Waals surface area contributed by atoms with Gasteiger partial charge in [0.05, 0.1) is 0 Å². The Morgan fingerprint density at radius 1 is 1.22 bits per heavy atom. The summed E-state index contributed by atoms with van der Waals surface area (Å²) in [6, 6.07) is 10.7. The van der Waals surface area contributed by atoms with Crippen LogP contribution in [0.3, 0.4) is 0 Å². The number of carbonyl (C=O) groups is 1. The summed E-state index contributed by atoms with van der Waals surface area (Å²) in [7, 11) is 2.19. The molecule has 1 aromatic carbocycles. The van der Waals surface area contributed by atoms with E-state index in [1.807, 2.05) is 6.07 Å². The van der Waals surface area contributed by atoms with Gasteiger partial charge in [0.15, 0.2) is 0 Å². The average Bonchev–Trinajstić information content (AvgIpc) is 2.60. The molecule has 152 valence electrons. The van der Waals surface area contributed by atoms with Crippen molar-refractivity contribution in [3.05, 3.63) is 35.9 Å². The third kappa shape index (κ3) is 4.72. The number of rotatable bonds is 8.